The molecule has 1 aliphatic heterocycles. The Morgan fingerprint density at radius 2 is 2.06 bits per heavy atom. The van der Waals surface area contributed by atoms with Crippen molar-refractivity contribution >= 4 is 23.2 Å². The molecule has 100 valence electrons. The van der Waals surface area contributed by atoms with Crippen molar-refractivity contribution in [2.75, 3.05) is 26.2 Å². The molecule has 4 nitrogen and oxygen atoms in total. The molecule has 1 aromatic carbocycles. The highest BCUT2D eigenvalue weighted by Gasteiger charge is 2.19. The van der Waals surface area contributed by atoms with Gasteiger partial charge in [0.1, 0.15) is 5.75 Å². The van der Waals surface area contributed by atoms with Crippen LogP contribution >= 0.6 is 23.2 Å². The molecular weight excluding hydrogens is 275 g/mol. The number of aliphatic hydroxyl groups excluding tert-OH is 1. The number of rotatable bonds is 3. The van der Waals surface area contributed by atoms with Crippen LogP contribution in [0, 0.1) is 0 Å². The van der Waals surface area contributed by atoms with E-state index in [1.54, 1.807) is 6.07 Å². The summed E-state index contributed by atoms with van der Waals surface area (Å²) in [6, 6.07) is 3.24. The Bertz CT molecular complexity index is 429. The number of piperazine rings is 1. The molecule has 0 saturated carbocycles. The summed E-state index contributed by atoms with van der Waals surface area (Å²) in [5.74, 6) is 0.156. The molecule has 1 aliphatic rings. The standard InChI is InChI=1S/C12H16Cl2N2O2/c13-10-3-8(12(18)4-11(10)14)5-16-2-1-15-9(6-16)7-17/h3-4,9,15,17-18H,1-2,5-7H2. The van der Waals surface area contributed by atoms with E-state index in [1.165, 1.54) is 6.07 Å². The summed E-state index contributed by atoms with van der Waals surface area (Å²) in [6.07, 6.45) is 0. The van der Waals surface area contributed by atoms with E-state index in [2.05, 4.69) is 10.2 Å². The molecule has 0 amide bonds. The van der Waals surface area contributed by atoms with E-state index in [1.807, 2.05) is 0 Å². The number of benzene rings is 1. The van der Waals surface area contributed by atoms with Crippen molar-refractivity contribution in [2.24, 2.45) is 0 Å². The lowest BCUT2D eigenvalue weighted by Crippen LogP contribution is -2.51. The summed E-state index contributed by atoms with van der Waals surface area (Å²) < 4.78 is 0. The van der Waals surface area contributed by atoms with Crippen molar-refractivity contribution in [1.82, 2.24) is 10.2 Å². The van der Waals surface area contributed by atoms with Gasteiger partial charge >= 0.3 is 0 Å². The van der Waals surface area contributed by atoms with Gasteiger partial charge in [-0.1, -0.05) is 23.2 Å². The summed E-state index contributed by atoms with van der Waals surface area (Å²) in [7, 11) is 0. The number of hydrogen-bond donors (Lipinski definition) is 3. The van der Waals surface area contributed by atoms with E-state index < -0.39 is 0 Å². The summed E-state index contributed by atoms with van der Waals surface area (Å²) in [5, 5.41) is 23.0. The zero-order valence-electron chi connectivity index (χ0n) is 9.87. The molecule has 1 fully saturated rings. The fourth-order valence-corrected chi connectivity index (χ4v) is 2.45. The van der Waals surface area contributed by atoms with E-state index in [4.69, 9.17) is 28.3 Å². The van der Waals surface area contributed by atoms with Gasteiger partial charge in [-0.05, 0) is 6.07 Å². The van der Waals surface area contributed by atoms with E-state index in [0.29, 0.717) is 16.6 Å². The Balaban J connectivity index is 2.07. The molecule has 1 saturated heterocycles. The molecule has 3 N–H and O–H groups in total. The Hall–Kier alpha value is -0.520. The van der Waals surface area contributed by atoms with Crippen LogP contribution in [0.5, 0.6) is 5.75 Å². The highest BCUT2D eigenvalue weighted by Crippen LogP contribution is 2.30. The average Bonchev–Trinajstić information content (AvgIpc) is 2.36. The Labute approximate surface area is 116 Å². The maximum absolute atomic E-state index is 9.83. The third kappa shape index (κ3) is 3.28. The topological polar surface area (TPSA) is 55.7 Å². The van der Waals surface area contributed by atoms with E-state index in [-0.39, 0.29) is 18.4 Å². The maximum Gasteiger partial charge on any atom is 0.121 e. The molecule has 2 rings (SSSR count). The SMILES string of the molecule is OCC1CN(Cc2cc(Cl)c(Cl)cc2O)CCN1. The lowest BCUT2D eigenvalue weighted by atomic mass is 10.1. The number of phenols is 1. The first-order valence-electron chi connectivity index (χ1n) is 5.83. The lowest BCUT2D eigenvalue weighted by molar-refractivity contribution is 0.143. The van der Waals surface area contributed by atoms with Crippen molar-refractivity contribution in [1.29, 1.82) is 0 Å². The molecule has 0 bridgehead atoms. The zero-order valence-corrected chi connectivity index (χ0v) is 11.4. The summed E-state index contributed by atoms with van der Waals surface area (Å²) >= 11 is 11.8. The smallest absolute Gasteiger partial charge is 0.121 e. The first-order chi connectivity index (χ1) is 8.60. The van der Waals surface area contributed by atoms with Crippen LogP contribution in [0.1, 0.15) is 5.56 Å². The van der Waals surface area contributed by atoms with Crippen molar-refractivity contribution in [2.45, 2.75) is 12.6 Å². The molecule has 0 spiro atoms. The largest absolute Gasteiger partial charge is 0.508 e. The second-order valence-electron chi connectivity index (χ2n) is 4.46. The number of aliphatic hydroxyl groups is 1. The highest BCUT2D eigenvalue weighted by molar-refractivity contribution is 6.42. The van der Waals surface area contributed by atoms with Gasteiger partial charge in [0, 0.05) is 43.9 Å². The number of nitrogens with zero attached hydrogens (tertiary/aromatic N) is 1. The molecule has 0 radical (unpaired) electrons. The monoisotopic (exact) mass is 290 g/mol. The number of halogens is 2. The van der Waals surface area contributed by atoms with E-state index >= 15 is 0 Å². The molecule has 18 heavy (non-hydrogen) atoms. The number of aromatic hydroxyl groups is 1. The summed E-state index contributed by atoms with van der Waals surface area (Å²) in [5.41, 5.74) is 0.753. The van der Waals surface area contributed by atoms with Crippen molar-refractivity contribution in [3.05, 3.63) is 27.7 Å². The van der Waals surface area contributed by atoms with Crippen LogP contribution in [0.3, 0.4) is 0 Å². The average molecular weight is 291 g/mol. The van der Waals surface area contributed by atoms with Gasteiger partial charge in [0.05, 0.1) is 16.7 Å². The second kappa shape index (κ2) is 6.08. The van der Waals surface area contributed by atoms with Gasteiger partial charge in [-0.2, -0.15) is 0 Å². The number of nitrogens with one attached hydrogen (secondary N) is 1. The molecule has 1 aromatic rings. The summed E-state index contributed by atoms with van der Waals surface area (Å²) in [4.78, 5) is 2.16. The highest BCUT2D eigenvalue weighted by atomic mass is 35.5. The quantitative estimate of drug-likeness (QED) is 0.789. The normalized spacial score (nSPS) is 21.2. The summed E-state index contributed by atoms with van der Waals surface area (Å²) in [6.45, 7) is 3.16. The van der Waals surface area contributed by atoms with Crippen molar-refractivity contribution in [3.8, 4) is 5.75 Å². The second-order valence-corrected chi connectivity index (χ2v) is 5.28. The van der Waals surface area contributed by atoms with E-state index in [0.717, 1.165) is 25.2 Å². The van der Waals surface area contributed by atoms with Gasteiger partial charge in [0.2, 0.25) is 0 Å². The molecule has 0 aliphatic carbocycles. The third-order valence-electron chi connectivity index (χ3n) is 3.08. The predicted octanol–water partition coefficient (Wildman–Crippen LogP) is 1.47. The first kappa shape index (κ1) is 13.9. The molecule has 1 unspecified atom stereocenters. The van der Waals surface area contributed by atoms with Gasteiger partial charge in [0.25, 0.3) is 0 Å². The molecule has 1 atom stereocenters. The minimum Gasteiger partial charge on any atom is -0.508 e. The van der Waals surface area contributed by atoms with Gasteiger partial charge in [-0.3, -0.25) is 4.90 Å². The van der Waals surface area contributed by atoms with E-state index in [9.17, 15) is 5.11 Å². The molecule has 0 aromatic heterocycles. The van der Waals surface area contributed by atoms with Crippen LogP contribution in [-0.2, 0) is 6.54 Å². The fraction of sp³-hybridized carbons (Fsp3) is 0.500. The van der Waals surface area contributed by atoms with Crippen LogP contribution in [0.4, 0.5) is 0 Å². The van der Waals surface area contributed by atoms with Gasteiger partial charge < -0.3 is 15.5 Å². The first-order valence-corrected chi connectivity index (χ1v) is 6.59. The minimum atomic E-state index is 0.0867. The number of phenolic OH excluding ortho intramolecular Hbond substituents is 1. The van der Waals surface area contributed by atoms with Crippen molar-refractivity contribution in [3.63, 3.8) is 0 Å². The van der Waals surface area contributed by atoms with Crippen LogP contribution < -0.4 is 5.32 Å². The molecular formula is C12H16Cl2N2O2. The fourth-order valence-electron chi connectivity index (χ4n) is 2.11. The van der Waals surface area contributed by atoms with Gasteiger partial charge in [-0.15, -0.1) is 0 Å². The Morgan fingerprint density at radius 1 is 1.33 bits per heavy atom. The van der Waals surface area contributed by atoms with Crippen LogP contribution in [-0.4, -0.2) is 47.4 Å². The maximum atomic E-state index is 9.83. The third-order valence-corrected chi connectivity index (χ3v) is 3.80. The van der Waals surface area contributed by atoms with Crippen LogP contribution in [0.15, 0.2) is 12.1 Å². The Morgan fingerprint density at radius 3 is 2.78 bits per heavy atom. The molecule has 6 heteroatoms. The van der Waals surface area contributed by atoms with Crippen LogP contribution in [0.25, 0.3) is 0 Å². The van der Waals surface area contributed by atoms with Crippen LogP contribution in [0.2, 0.25) is 10.0 Å². The predicted molar refractivity (Wildman–Crippen MR) is 72.3 cm³/mol. The lowest BCUT2D eigenvalue weighted by Gasteiger charge is -2.32. The number of hydrogen-bond acceptors (Lipinski definition) is 4. The molecule has 1 heterocycles. The zero-order chi connectivity index (χ0) is 13.1. The van der Waals surface area contributed by atoms with Crippen molar-refractivity contribution < 1.29 is 10.2 Å². The minimum absolute atomic E-state index is 0.0867. The van der Waals surface area contributed by atoms with Gasteiger partial charge in [-0.25, -0.2) is 0 Å². The Kier molecular flexibility index (Phi) is 4.70. The van der Waals surface area contributed by atoms with Gasteiger partial charge in [0.15, 0.2) is 0 Å².